The zero-order valence-electron chi connectivity index (χ0n) is 12.9. The minimum atomic E-state index is -0.453. The molecule has 1 aromatic rings. The van der Waals surface area contributed by atoms with E-state index in [0.717, 1.165) is 19.3 Å². The highest BCUT2D eigenvalue weighted by molar-refractivity contribution is 14.1. The largest absolute Gasteiger partial charge is 0.378 e. The second kappa shape index (κ2) is 6.35. The molecule has 1 N–H and O–H groups in total. The molecule has 2 unspecified atom stereocenters. The van der Waals surface area contributed by atoms with Crippen LogP contribution >= 0.6 is 22.6 Å². The summed E-state index contributed by atoms with van der Waals surface area (Å²) in [5.74, 6) is -0.157. The van der Waals surface area contributed by atoms with Crippen molar-refractivity contribution in [2.75, 3.05) is 6.61 Å². The first-order chi connectivity index (χ1) is 11.0. The number of nitro benzene ring substituents is 1. The van der Waals surface area contributed by atoms with E-state index >= 15 is 0 Å². The lowest BCUT2D eigenvalue weighted by Crippen LogP contribution is -2.67. The van der Waals surface area contributed by atoms with Crippen molar-refractivity contribution in [3.8, 4) is 0 Å². The predicted molar refractivity (Wildman–Crippen MR) is 93.4 cm³/mol. The van der Waals surface area contributed by atoms with E-state index in [1.807, 2.05) is 29.5 Å². The fourth-order valence-electron chi connectivity index (χ4n) is 3.68. The van der Waals surface area contributed by atoms with Gasteiger partial charge in [-0.05, 0) is 54.8 Å². The Bertz CT molecular complexity index is 645. The van der Waals surface area contributed by atoms with Crippen LogP contribution in [-0.4, -0.2) is 29.6 Å². The number of rotatable bonds is 5. The van der Waals surface area contributed by atoms with Crippen LogP contribution in [0.1, 0.15) is 43.0 Å². The number of carbonyl (C=O) groups excluding carboxylic acids is 1. The molecule has 1 amide bonds. The van der Waals surface area contributed by atoms with Gasteiger partial charge in [-0.1, -0.05) is 6.42 Å². The molecule has 1 aromatic carbocycles. The van der Waals surface area contributed by atoms with Gasteiger partial charge < -0.3 is 10.1 Å². The van der Waals surface area contributed by atoms with Crippen molar-refractivity contribution in [3.63, 3.8) is 0 Å². The van der Waals surface area contributed by atoms with E-state index in [0.29, 0.717) is 15.7 Å². The van der Waals surface area contributed by atoms with Crippen LogP contribution in [0.4, 0.5) is 5.69 Å². The van der Waals surface area contributed by atoms with Gasteiger partial charge >= 0.3 is 0 Å². The average Bonchev–Trinajstić information content (AvgIpc) is 2.43. The van der Waals surface area contributed by atoms with Gasteiger partial charge in [-0.2, -0.15) is 0 Å². The molecule has 0 aromatic heterocycles. The van der Waals surface area contributed by atoms with Crippen LogP contribution in [0.5, 0.6) is 0 Å². The summed E-state index contributed by atoms with van der Waals surface area (Å²) in [6.45, 7) is 2.70. The van der Waals surface area contributed by atoms with Gasteiger partial charge in [-0.3, -0.25) is 14.9 Å². The van der Waals surface area contributed by atoms with E-state index in [4.69, 9.17) is 4.74 Å². The number of nitrogens with zero attached hydrogens (tertiary/aromatic N) is 1. The smallest absolute Gasteiger partial charge is 0.270 e. The topological polar surface area (TPSA) is 81.5 Å². The number of hydrogen-bond acceptors (Lipinski definition) is 4. The third-order valence-corrected chi connectivity index (χ3v) is 6.04. The van der Waals surface area contributed by atoms with E-state index < -0.39 is 4.92 Å². The maximum Gasteiger partial charge on any atom is 0.270 e. The van der Waals surface area contributed by atoms with Gasteiger partial charge in [0.25, 0.3) is 11.6 Å². The van der Waals surface area contributed by atoms with Gasteiger partial charge in [0.15, 0.2) is 0 Å². The van der Waals surface area contributed by atoms with E-state index in [-0.39, 0.29) is 29.2 Å². The third-order valence-electron chi connectivity index (χ3n) is 5.15. The number of ether oxygens (including phenoxy) is 1. The van der Waals surface area contributed by atoms with Gasteiger partial charge in [-0.25, -0.2) is 0 Å². The Morgan fingerprint density at radius 3 is 2.78 bits per heavy atom. The monoisotopic (exact) mass is 430 g/mol. The number of benzene rings is 1. The van der Waals surface area contributed by atoms with Crippen molar-refractivity contribution in [3.05, 3.63) is 37.4 Å². The molecule has 0 saturated heterocycles. The van der Waals surface area contributed by atoms with Crippen molar-refractivity contribution >= 4 is 34.2 Å². The first-order valence-corrected chi connectivity index (χ1v) is 8.92. The molecule has 2 atom stereocenters. The van der Waals surface area contributed by atoms with Crippen LogP contribution in [0.2, 0.25) is 0 Å². The van der Waals surface area contributed by atoms with E-state index in [2.05, 4.69) is 5.32 Å². The summed E-state index contributed by atoms with van der Waals surface area (Å²) in [7, 11) is 0. The molecule has 2 fully saturated rings. The molecule has 0 bridgehead atoms. The van der Waals surface area contributed by atoms with E-state index in [9.17, 15) is 14.9 Å². The fourth-order valence-corrected chi connectivity index (χ4v) is 4.42. The standard InChI is InChI=1S/C16H19IN2O4/c1-2-23-14-9-13(16(14)6-3-7-16)18-15(20)11-5-4-10(19(21)22)8-12(11)17/h4-5,8,13-14H,2-3,6-7,9H2,1H3,(H,18,20). The summed E-state index contributed by atoms with van der Waals surface area (Å²) < 4.78 is 6.39. The summed E-state index contributed by atoms with van der Waals surface area (Å²) in [5.41, 5.74) is 0.602. The number of carbonyl (C=O) groups is 1. The number of halogens is 1. The van der Waals surface area contributed by atoms with Crippen molar-refractivity contribution in [2.45, 2.75) is 44.8 Å². The minimum absolute atomic E-state index is 0.00136. The Labute approximate surface area is 148 Å². The van der Waals surface area contributed by atoms with E-state index in [1.165, 1.54) is 24.6 Å². The highest BCUT2D eigenvalue weighted by Gasteiger charge is 2.59. The number of nitro groups is 1. The maximum absolute atomic E-state index is 12.5. The van der Waals surface area contributed by atoms with Crippen molar-refractivity contribution in [1.29, 1.82) is 0 Å². The number of nitrogens with one attached hydrogen (secondary N) is 1. The SMILES string of the molecule is CCOC1CC(NC(=O)c2ccc([N+](=O)[O-])cc2I)C12CCC2. The molecule has 23 heavy (non-hydrogen) atoms. The summed E-state index contributed by atoms with van der Waals surface area (Å²) >= 11 is 1.97. The third kappa shape index (κ3) is 2.84. The van der Waals surface area contributed by atoms with Gasteiger partial charge in [0.05, 0.1) is 16.6 Å². The molecule has 2 saturated carbocycles. The summed E-state index contributed by atoms with van der Waals surface area (Å²) in [6, 6.07) is 4.48. The first-order valence-electron chi connectivity index (χ1n) is 7.84. The molecule has 7 heteroatoms. The molecule has 0 aliphatic heterocycles. The number of hydrogen-bond donors (Lipinski definition) is 1. The molecule has 0 heterocycles. The first kappa shape index (κ1) is 16.6. The highest BCUT2D eigenvalue weighted by atomic mass is 127. The lowest BCUT2D eigenvalue weighted by Gasteiger charge is -2.61. The summed E-state index contributed by atoms with van der Waals surface area (Å²) in [5, 5.41) is 13.9. The quantitative estimate of drug-likeness (QED) is 0.442. The fraction of sp³-hybridized carbons (Fsp3) is 0.562. The van der Waals surface area contributed by atoms with Gasteiger partial charge in [-0.15, -0.1) is 0 Å². The van der Waals surface area contributed by atoms with Gasteiger partial charge in [0.1, 0.15) is 0 Å². The number of amides is 1. The molecule has 2 aliphatic rings. The van der Waals surface area contributed by atoms with Crippen LogP contribution in [-0.2, 0) is 4.74 Å². The zero-order chi connectivity index (χ0) is 16.6. The summed E-state index contributed by atoms with van der Waals surface area (Å²) in [4.78, 5) is 22.8. The van der Waals surface area contributed by atoms with Crippen LogP contribution in [0.25, 0.3) is 0 Å². The Morgan fingerprint density at radius 1 is 1.52 bits per heavy atom. The second-order valence-electron chi connectivity index (χ2n) is 6.21. The lowest BCUT2D eigenvalue weighted by molar-refractivity contribution is -0.384. The Kier molecular flexibility index (Phi) is 4.59. The Balaban J connectivity index is 1.69. The molecule has 6 nitrogen and oxygen atoms in total. The lowest BCUT2D eigenvalue weighted by atomic mass is 9.51. The molecule has 124 valence electrons. The second-order valence-corrected chi connectivity index (χ2v) is 7.38. The molecule has 3 rings (SSSR count). The average molecular weight is 430 g/mol. The van der Waals surface area contributed by atoms with Crippen molar-refractivity contribution in [1.82, 2.24) is 5.32 Å². The van der Waals surface area contributed by atoms with Crippen LogP contribution in [0.3, 0.4) is 0 Å². The molecular weight excluding hydrogens is 411 g/mol. The van der Waals surface area contributed by atoms with Crippen molar-refractivity contribution in [2.24, 2.45) is 5.41 Å². The van der Waals surface area contributed by atoms with Crippen LogP contribution in [0, 0.1) is 19.1 Å². The maximum atomic E-state index is 12.5. The number of non-ortho nitro benzene ring substituents is 1. The normalized spacial score (nSPS) is 24.6. The summed E-state index contributed by atoms with van der Waals surface area (Å²) in [6.07, 6.45) is 4.48. The molecule has 0 radical (unpaired) electrons. The van der Waals surface area contributed by atoms with Crippen LogP contribution in [0.15, 0.2) is 18.2 Å². The molecule has 1 spiro atoms. The van der Waals surface area contributed by atoms with Crippen LogP contribution < -0.4 is 5.32 Å². The predicted octanol–water partition coefficient (Wildman–Crippen LogP) is 3.28. The van der Waals surface area contributed by atoms with E-state index in [1.54, 1.807) is 0 Å². The van der Waals surface area contributed by atoms with Crippen molar-refractivity contribution < 1.29 is 14.5 Å². The highest BCUT2D eigenvalue weighted by Crippen LogP contribution is 2.57. The van der Waals surface area contributed by atoms with Gasteiger partial charge in [0.2, 0.25) is 0 Å². The minimum Gasteiger partial charge on any atom is -0.378 e. The molecular formula is C16H19IN2O4. The molecule has 2 aliphatic carbocycles. The Morgan fingerprint density at radius 2 is 2.26 bits per heavy atom. The van der Waals surface area contributed by atoms with Gasteiger partial charge in [0, 0.05) is 33.8 Å². The Hall–Kier alpha value is -1.22. The zero-order valence-corrected chi connectivity index (χ0v) is 15.0.